The summed E-state index contributed by atoms with van der Waals surface area (Å²) in [4.78, 5) is 28.2. The van der Waals surface area contributed by atoms with E-state index < -0.39 is 5.41 Å². The second-order valence-corrected chi connectivity index (χ2v) is 16.1. The van der Waals surface area contributed by atoms with Crippen molar-refractivity contribution < 1.29 is 28.5 Å². The molecular formula is C42H54O6. The average Bonchev–Trinajstić information content (AvgIpc) is 3.43. The zero-order valence-electron chi connectivity index (χ0n) is 30.4. The van der Waals surface area contributed by atoms with Crippen LogP contribution < -0.4 is 18.9 Å². The van der Waals surface area contributed by atoms with Crippen molar-refractivity contribution in [2.24, 2.45) is 45.3 Å². The van der Waals surface area contributed by atoms with Gasteiger partial charge in [0.2, 0.25) is 0 Å². The number of para-hydroxylation sites is 2. The summed E-state index contributed by atoms with van der Waals surface area (Å²) in [5, 5.41) is 0. The summed E-state index contributed by atoms with van der Waals surface area (Å²) in [5.41, 5.74) is 2.23. The molecule has 0 saturated heterocycles. The summed E-state index contributed by atoms with van der Waals surface area (Å²) in [7, 11) is 6.55. The number of allylic oxidation sites excluding steroid dienone is 2. The van der Waals surface area contributed by atoms with Crippen LogP contribution in [-0.2, 0) is 9.59 Å². The number of hydrogen-bond acceptors (Lipinski definition) is 6. The molecule has 0 heterocycles. The third kappa shape index (κ3) is 5.03. The van der Waals surface area contributed by atoms with Gasteiger partial charge in [-0.05, 0) is 115 Å². The van der Waals surface area contributed by atoms with E-state index in [1.807, 2.05) is 42.5 Å². The SMILES string of the molecule is COc1cccc(/C=C2/C[C@]3(C)[C@H]4CC[C@@H]5[C@@H](C(=O)/C=C/c6cccc(OC)c6OC)CC[C@@]5(C)[C@]4(C)CC[C@H]3C(C)(C)C2=O)c1OC. The first-order valence-electron chi connectivity index (χ1n) is 17.7. The molecule has 2 aromatic carbocycles. The van der Waals surface area contributed by atoms with Crippen LogP contribution in [0.3, 0.4) is 0 Å². The number of benzene rings is 2. The maximum absolute atomic E-state index is 14.2. The minimum atomic E-state index is -0.468. The summed E-state index contributed by atoms with van der Waals surface area (Å²) < 4.78 is 22.4. The van der Waals surface area contributed by atoms with Crippen LogP contribution >= 0.6 is 0 Å². The van der Waals surface area contributed by atoms with Crippen molar-refractivity contribution in [3.8, 4) is 23.0 Å². The van der Waals surface area contributed by atoms with E-state index in [9.17, 15) is 9.59 Å². The Balaban J connectivity index is 1.31. The molecule has 4 fully saturated rings. The zero-order chi connectivity index (χ0) is 34.6. The van der Waals surface area contributed by atoms with E-state index >= 15 is 0 Å². The molecule has 0 aliphatic heterocycles. The number of Topliss-reactive ketones (excluding diaryl/α,β-unsaturated/α-hetero) is 1. The maximum Gasteiger partial charge on any atom is 0.167 e. The van der Waals surface area contributed by atoms with Crippen LogP contribution in [0.15, 0.2) is 48.0 Å². The van der Waals surface area contributed by atoms with E-state index in [0.29, 0.717) is 40.8 Å². The molecule has 0 radical (unpaired) electrons. The molecule has 4 aliphatic rings. The molecule has 48 heavy (non-hydrogen) atoms. The first-order chi connectivity index (χ1) is 22.8. The Kier molecular flexibility index (Phi) is 8.87. The molecule has 0 unspecified atom stereocenters. The highest BCUT2D eigenvalue weighted by atomic mass is 16.5. The van der Waals surface area contributed by atoms with Crippen molar-refractivity contribution in [2.75, 3.05) is 28.4 Å². The lowest BCUT2D eigenvalue weighted by Gasteiger charge is -2.69. The summed E-state index contributed by atoms with van der Waals surface area (Å²) in [6, 6.07) is 11.6. The van der Waals surface area contributed by atoms with E-state index in [4.69, 9.17) is 18.9 Å². The van der Waals surface area contributed by atoms with Crippen molar-refractivity contribution in [3.05, 3.63) is 59.2 Å². The van der Waals surface area contributed by atoms with Crippen molar-refractivity contribution in [3.63, 3.8) is 0 Å². The minimum Gasteiger partial charge on any atom is -0.493 e. The van der Waals surface area contributed by atoms with Gasteiger partial charge in [0.15, 0.2) is 34.6 Å². The highest BCUT2D eigenvalue weighted by molar-refractivity contribution is 6.04. The highest BCUT2D eigenvalue weighted by Gasteiger charge is 2.69. The van der Waals surface area contributed by atoms with Gasteiger partial charge in [0.25, 0.3) is 0 Å². The molecule has 6 nitrogen and oxygen atoms in total. The Morgan fingerprint density at radius 1 is 0.729 bits per heavy atom. The van der Waals surface area contributed by atoms with Crippen LogP contribution in [-0.4, -0.2) is 40.0 Å². The Morgan fingerprint density at radius 2 is 1.33 bits per heavy atom. The second kappa shape index (κ2) is 12.4. The van der Waals surface area contributed by atoms with E-state index in [1.54, 1.807) is 34.5 Å². The van der Waals surface area contributed by atoms with E-state index in [-0.39, 0.29) is 33.7 Å². The Labute approximate surface area is 287 Å². The van der Waals surface area contributed by atoms with Crippen LogP contribution in [0.5, 0.6) is 23.0 Å². The van der Waals surface area contributed by atoms with Crippen LogP contribution in [0.4, 0.5) is 0 Å². The van der Waals surface area contributed by atoms with Gasteiger partial charge in [-0.2, -0.15) is 0 Å². The standard InChI is InChI=1S/C42H54O6/c1-39(2)34-21-23-42(5)35(40(34,3)25-28(38(39)44)24-27-13-11-15-33(46-7)37(27)48-9)19-17-30-29(20-22-41(30,42)4)31(43)18-16-26-12-10-14-32(45-6)36(26)47-8/h10-16,18,24,29-30,34-35H,17,19-23,25H2,1-9H3/b18-16+,28-24-/t29-,30+,34-,35+,40-,41+,42+/m0/s1. The predicted molar refractivity (Wildman–Crippen MR) is 190 cm³/mol. The monoisotopic (exact) mass is 654 g/mol. The van der Waals surface area contributed by atoms with E-state index in [1.165, 1.54) is 0 Å². The van der Waals surface area contributed by atoms with E-state index in [2.05, 4.69) is 40.7 Å². The molecular weight excluding hydrogens is 600 g/mol. The summed E-state index contributed by atoms with van der Waals surface area (Å²) in [6.45, 7) is 11.9. The Morgan fingerprint density at radius 3 is 1.96 bits per heavy atom. The lowest BCUT2D eigenvalue weighted by atomic mass is 9.35. The molecule has 0 spiro atoms. The Hall–Kier alpha value is -3.54. The predicted octanol–water partition coefficient (Wildman–Crippen LogP) is 9.25. The van der Waals surface area contributed by atoms with Gasteiger partial charge < -0.3 is 18.9 Å². The van der Waals surface area contributed by atoms with Gasteiger partial charge in [-0.3, -0.25) is 9.59 Å². The summed E-state index contributed by atoms with van der Waals surface area (Å²) in [6.07, 6.45) is 12.7. The zero-order valence-corrected chi connectivity index (χ0v) is 30.4. The highest BCUT2D eigenvalue weighted by Crippen LogP contribution is 2.75. The molecule has 0 aromatic heterocycles. The number of methoxy groups -OCH3 is 4. The quantitative estimate of drug-likeness (QED) is 0.264. The number of ketones is 2. The van der Waals surface area contributed by atoms with Crippen molar-refractivity contribution in [1.29, 1.82) is 0 Å². The van der Waals surface area contributed by atoms with Crippen LogP contribution in [0, 0.1) is 45.3 Å². The van der Waals surface area contributed by atoms with E-state index in [0.717, 1.165) is 61.6 Å². The van der Waals surface area contributed by atoms with Crippen LogP contribution in [0.25, 0.3) is 12.2 Å². The lowest BCUT2D eigenvalue weighted by molar-refractivity contribution is -0.196. The second-order valence-electron chi connectivity index (χ2n) is 16.1. The number of carbonyl (C=O) groups excluding carboxylic acids is 2. The lowest BCUT2D eigenvalue weighted by Crippen LogP contribution is -2.63. The number of fused-ring (bicyclic) bond motifs is 5. The third-order valence-corrected chi connectivity index (χ3v) is 14.0. The first kappa shape index (κ1) is 34.3. The molecule has 0 amide bonds. The molecule has 4 aliphatic carbocycles. The number of rotatable bonds is 8. The molecule has 6 heteroatoms. The van der Waals surface area contributed by atoms with Crippen molar-refractivity contribution >= 4 is 23.7 Å². The third-order valence-electron chi connectivity index (χ3n) is 14.0. The van der Waals surface area contributed by atoms with Crippen molar-refractivity contribution in [1.82, 2.24) is 0 Å². The molecule has 7 atom stereocenters. The van der Waals surface area contributed by atoms with Gasteiger partial charge in [0.05, 0.1) is 28.4 Å². The average molecular weight is 655 g/mol. The molecule has 258 valence electrons. The first-order valence-corrected chi connectivity index (χ1v) is 17.7. The molecule has 0 bridgehead atoms. The fourth-order valence-corrected chi connectivity index (χ4v) is 11.6. The Bertz CT molecular complexity index is 1650. The molecule has 2 aromatic rings. The number of ether oxygens (including phenoxy) is 4. The molecule has 6 rings (SSSR count). The van der Waals surface area contributed by atoms with Gasteiger partial charge >= 0.3 is 0 Å². The molecule has 0 N–H and O–H groups in total. The van der Waals surface area contributed by atoms with Gasteiger partial charge in [0, 0.05) is 22.5 Å². The van der Waals surface area contributed by atoms with Crippen LogP contribution in [0.2, 0.25) is 0 Å². The number of hydrogen-bond donors (Lipinski definition) is 0. The van der Waals surface area contributed by atoms with Gasteiger partial charge in [-0.1, -0.05) is 58.9 Å². The normalized spacial score (nSPS) is 34.7. The fourth-order valence-electron chi connectivity index (χ4n) is 11.6. The van der Waals surface area contributed by atoms with Crippen LogP contribution in [0.1, 0.15) is 90.7 Å². The van der Waals surface area contributed by atoms with Gasteiger partial charge in [-0.15, -0.1) is 0 Å². The minimum absolute atomic E-state index is 0.0199. The summed E-state index contributed by atoms with van der Waals surface area (Å²) >= 11 is 0. The van der Waals surface area contributed by atoms with Gasteiger partial charge in [-0.25, -0.2) is 0 Å². The maximum atomic E-state index is 14.2. The topological polar surface area (TPSA) is 71.1 Å². The fraction of sp³-hybridized carbons (Fsp3) is 0.571. The molecule has 4 saturated carbocycles. The van der Waals surface area contributed by atoms with Crippen molar-refractivity contribution in [2.45, 2.75) is 79.6 Å². The van der Waals surface area contributed by atoms with Gasteiger partial charge in [0.1, 0.15) is 0 Å². The largest absolute Gasteiger partial charge is 0.493 e. The summed E-state index contributed by atoms with van der Waals surface area (Å²) in [5.74, 6) is 4.23. The smallest absolute Gasteiger partial charge is 0.167 e. The number of carbonyl (C=O) groups is 2.